The van der Waals surface area contributed by atoms with Gasteiger partial charge in [-0.15, -0.1) is 0 Å². The van der Waals surface area contributed by atoms with Crippen molar-refractivity contribution in [2.45, 2.75) is 6.54 Å². The summed E-state index contributed by atoms with van der Waals surface area (Å²) in [6.45, 7) is 5.36. The zero-order valence-electron chi connectivity index (χ0n) is 11.2. The van der Waals surface area contributed by atoms with Crippen molar-refractivity contribution in [3.8, 4) is 5.75 Å². The van der Waals surface area contributed by atoms with Crippen LogP contribution in [0.25, 0.3) is 10.9 Å². The van der Waals surface area contributed by atoms with Crippen molar-refractivity contribution < 1.29 is 5.11 Å². The van der Waals surface area contributed by atoms with Gasteiger partial charge in [-0.3, -0.25) is 9.88 Å². The molecule has 100 valence electrons. The number of likely N-dealkylation sites (N-methyl/N-ethyl adjacent to an activating group) is 1. The van der Waals surface area contributed by atoms with Gasteiger partial charge in [0, 0.05) is 44.3 Å². The van der Waals surface area contributed by atoms with E-state index in [0.717, 1.165) is 38.1 Å². The van der Waals surface area contributed by atoms with Crippen molar-refractivity contribution in [2.24, 2.45) is 0 Å². The van der Waals surface area contributed by atoms with E-state index in [4.69, 9.17) is 0 Å². The van der Waals surface area contributed by atoms with E-state index in [1.54, 1.807) is 12.3 Å². The first kappa shape index (κ1) is 12.4. The standard InChI is InChI=1S/C15H19N3O/c1-17-7-9-18(10-8-17)11-12-4-5-14(19)15-13(12)3-2-6-16-15/h2-6,19H,7-11H2,1H3. The molecular weight excluding hydrogens is 238 g/mol. The largest absolute Gasteiger partial charge is 0.506 e. The maximum atomic E-state index is 9.85. The zero-order valence-corrected chi connectivity index (χ0v) is 11.2. The van der Waals surface area contributed by atoms with Crippen molar-refractivity contribution in [2.75, 3.05) is 33.2 Å². The number of hydrogen-bond acceptors (Lipinski definition) is 4. The van der Waals surface area contributed by atoms with Gasteiger partial charge in [0.05, 0.1) is 0 Å². The molecule has 1 saturated heterocycles. The Bertz CT molecular complexity index is 577. The Morgan fingerprint density at radius 3 is 2.74 bits per heavy atom. The molecule has 1 aromatic carbocycles. The molecule has 1 N–H and O–H groups in total. The van der Waals surface area contributed by atoms with Crippen LogP contribution in [-0.4, -0.2) is 53.1 Å². The Morgan fingerprint density at radius 1 is 1.16 bits per heavy atom. The van der Waals surface area contributed by atoms with Gasteiger partial charge in [0.15, 0.2) is 0 Å². The Morgan fingerprint density at radius 2 is 1.95 bits per heavy atom. The second-order valence-corrected chi connectivity index (χ2v) is 5.22. The van der Waals surface area contributed by atoms with E-state index in [-0.39, 0.29) is 5.75 Å². The van der Waals surface area contributed by atoms with Crippen molar-refractivity contribution in [3.05, 3.63) is 36.0 Å². The monoisotopic (exact) mass is 257 g/mol. The van der Waals surface area contributed by atoms with Crippen LogP contribution < -0.4 is 0 Å². The maximum absolute atomic E-state index is 9.85. The highest BCUT2D eigenvalue weighted by Gasteiger charge is 2.15. The third-order valence-electron chi connectivity index (χ3n) is 3.83. The first-order chi connectivity index (χ1) is 9.24. The van der Waals surface area contributed by atoms with Gasteiger partial charge in [-0.2, -0.15) is 0 Å². The molecule has 1 aliphatic heterocycles. The number of phenols is 1. The normalized spacial score (nSPS) is 17.9. The molecule has 2 aromatic rings. The van der Waals surface area contributed by atoms with Crippen LogP contribution in [0.15, 0.2) is 30.5 Å². The van der Waals surface area contributed by atoms with Crippen molar-refractivity contribution >= 4 is 10.9 Å². The highest BCUT2D eigenvalue weighted by Crippen LogP contribution is 2.26. The van der Waals surface area contributed by atoms with Gasteiger partial charge in [-0.1, -0.05) is 12.1 Å². The molecular formula is C15H19N3O. The highest BCUT2D eigenvalue weighted by molar-refractivity contribution is 5.87. The fourth-order valence-corrected chi connectivity index (χ4v) is 2.60. The molecule has 0 unspecified atom stereocenters. The smallest absolute Gasteiger partial charge is 0.141 e. The van der Waals surface area contributed by atoms with Gasteiger partial charge in [0.25, 0.3) is 0 Å². The third-order valence-corrected chi connectivity index (χ3v) is 3.83. The molecule has 0 aliphatic carbocycles. The van der Waals surface area contributed by atoms with E-state index in [1.807, 2.05) is 18.2 Å². The predicted octanol–water partition coefficient (Wildman–Crippen LogP) is 1.69. The van der Waals surface area contributed by atoms with E-state index >= 15 is 0 Å². The number of phenolic OH excluding ortho intramolecular Hbond substituents is 1. The quantitative estimate of drug-likeness (QED) is 0.888. The molecule has 3 rings (SSSR count). The van der Waals surface area contributed by atoms with E-state index in [1.165, 1.54) is 5.56 Å². The lowest BCUT2D eigenvalue weighted by Crippen LogP contribution is -2.43. The molecule has 0 radical (unpaired) electrons. The van der Waals surface area contributed by atoms with Gasteiger partial charge in [0.2, 0.25) is 0 Å². The molecule has 2 heterocycles. The average molecular weight is 257 g/mol. The van der Waals surface area contributed by atoms with Crippen LogP contribution in [0.3, 0.4) is 0 Å². The van der Waals surface area contributed by atoms with Crippen LogP contribution in [-0.2, 0) is 6.54 Å². The van der Waals surface area contributed by atoms with Crippen molar-refractivity contribution in [1.29, 1.82) is 0 Å². The number of fused-ring (bicyclic) bond motifs is 1. The lowest BCUT2D eigenvalue weighted by molar-refractivity contribution is 0.148. The van der Waals surface area contributed by atoms with Gasteiger partial charge in [-0.05, 0) is 24.7 Å². The number of nitrogens with zero attached hydrogens (tertiary/aromatic N) is 3. The van der Waals surface area contributed by atoms with Crippen LogP contribution in [0.2, 0.25) is 0 Å². The summed E-state index contributed by atoms with van der Waals surface area (Å²) in [4.78, 5) is 9.08. The Kier molecular flexibility index (Phi) is 3.36. The van der Waals surface area contributed by atoms with Crippen LogP contribution in [0, 0.1) is 0 Å². The van der Waals surface area contributed by atoms with Crippen LogP contribution in [0.5, 0.6) is 5.75 Å². The summed E-state index contributed by atoms with van der Waals surface area (Å²) < 4.78 is 0. The minimum absolute atomic E-state index is 0.262. The molecule has 0 atom stereocenters. The number of hydrogen-bond donors (Lipinski definition) is 1. The zero-order chi connectivity index (χ0) is 13.2. The molecule has 1 aliphatic rings. The molecule has 4 nitrogen and oxygen atoms in total. The van der Waals surface area contributed by atoms with Gasteiger partial charge >= 0.3 is 0 Å². The number of pyridine rings is 1. The fourth-order valence-electron chi connectivity index (χ4n) is 2.60. The second-order valence-electron chi connectivity index (χ2n) is 5.22. The number of aromatic nitrogens is 1. The summed E-state index contributed by atoms with van der Waals surface area (Å²) in [5.74, 6) is 0.262. The summed E-state index contributed by atoms with van der Waals surface area (Å²) in [5.41, 5.74) is 1.94. The summed E-state index contributed by atoms with van der Waals surface area (Å²) >= 11 is 0. The first-order valence-corrected chi connectivity index (χ1v) is 6.70. The van der Waals surface area contributed by atoms with E-state index in [2.05, 4.69) is 21.8 Å². The maximum Gasteiger partial charge on any atom is 0.141 e. The number of piperazine rings is 1. The summed E-state index contributed by atoms with van der Waals surface area (Å²) in [5, 5.41) is 10.9. The summed E-state index contributed by atoms with van der Waals surface area (Å²) in [6.07, 6.45) is 1.72. The van der Waals surface area contributed by atoms with Crippen LogP contribution >= 0.6 is 0 Å². The topological polar surface area (TPSA) is 39.6 Å². The molecule has 0 spiro atoms. The SMILES string of the molecule is CN1CCN(Cc2ccc(O)c3ncccc23)CC1. The van der Waals surface area contributed by atoms with E-state index in [0.29, 0.717) is 5.52 Å². The molecule has 1 fully saturated rings. The van der Waals surface area contributed by atoms with Crippen LogP contribution in [0.1, 0.15) is 5.56 Å². The lowest BCUT2D eigenvalue weighted by Gasteiger charge is -2.32. The first-order valence-electron chi connectivity index (χ1n) is 6.70. The Hall–Kier alpha value is -1.65. The second kappa shape index (κ2) is 5.15. The van der Waals surface area contributed by atoms with E-state index in [9.17, 15) is 5.11 Å². The van der Waals surface area contributed by atoms with Gasteiger partial charge in [-0.25, -0.2) is 0 Å². The molecule has 4 heteroatoms. The Labute approximate surface area is 113 Å². The Balaban J connectivity index is 1.87. The molecule has 0 saturated carbocycles. The average Bonchev–Trinajstić information content (AvgIpc) is 2.45. The third kappa shape index (κ3) is 2.55. The number of aromatic hydroxyl groups is 1. The minimum Gasteiger partial charge on any atom is -0.506 e. The van der Waals surface area contributed by atoms with Gasteiger partial charge < -0.3 is 10.0 Å². The molecule has 0 amide bonds. The molecule has 1 aromatic heterocycles. The minimum atomic E-state index is 0.262. The highest BCUT2D eigenvalue weighted by atomic mass is 16.3. The van der Waals surface area contributed by atoms with Crippen molar-refractivity contribution in [1.82, 2.24) is 14.8 Å². The van der Waals surface area contributed by atoms with Crippen molar-refractivity contribution in [3.63, 3.8) is 0 Å². The van der Waals surface area contributed by atoms with Gasteiger partial charge in [0.1, 0.15) is 11.3 Å². The summed E-state index contributed by atoms with van der Waals surface area (Å²) in [6, 6.07) is 7.72. The molecule has 19 heavy (non-hydrogen) atoms. The predicted molar refractivity (Wildman–Crippen MR) is 76.2 cm³/mol. The summed E-state index contributed by atoms with van der Waals surface area (Å²) in [7, 11) is 2.16. The lowest BCUT2D eigenvalue weighted by atomic mass is 10.1. The number of benzene rings is 1. The van der Waals surface area contributed by atoms with E-state index < -0.39 is 0 Å². The molecule has 0 bridgehead atoms. The fraction of sp³-hybridized carbons (Fsp3) is 0.400. The number of rotatable bonds is 2. The van der Waals surface area contributed by atoms with Crippen LogP contribution in [0.4, 0.5) is 0 Å².